The summed E-state index contributed by atoms with van der Waals surface area (Å²) in [6.45, 7) is 54.9. The Morgan fingerprint density at radius 1 is 0.558 bits per heavy atom. The van der Waals surface area contributed by atoms with E-state index in [9.17, 15) is 4.79 Å². The van der Waals surface area contributed by atoms with E-state index in [4.69, 9.17) is 52.5 Å². The van der Waals surface area contributed by atoms with Crippen LogP contribution in [0, 0.1) is 24.2 Å². The number of carbonyl (C=O) groups is 1. The van der Waals surface area contributed by atoms with E-state index in [1.54, 1.807) is 27.4 Å². The highest BCUT2D eigenvalue weighted by molar-refractivity contribution is 6.75. The van der Waals surface area contributed by atoms with Crippen molar-refractivity contribution in [2.45, 2.75) is 259 Å². The summed E-state index contributed by atoms with van der Waals surface area (Å²) in [6, 6.07) is 21.8. The summed E-state index contributed by atoms with van der Waals surface area (Å²) >= 11 is 0. The lowest BCUT2D eigenvalue weighted by molar-refractivity contribution is -0.0156. The summed E-state index contributed by atoms with van der Waals surface area (Å²) in [6.07, 6.45) is 15.5. The van der Waals surface area contributed by atoms with Crippen LogP contribution in [-0.4, -0.2) is 105 Å². The highest BCUT2D eigenvalue weighted by Gasteiger charge is 2.43. The fraction of sp³-hybridized carbons (Fsp3) is 0.676. The number of hydrogen-bond acceptors (Lipinski definition) is 11. The first-order valence-corrected chi connectivity index (χ1v) is 43.4. The summed E-state index contributed by atoms with van der Waals surface area (Å²) in [5, 5.41) is 0.526. The van der Waals surface area contributed by atoms with E-state index in [2.05, 4.69) is 192 Å². The van der Waals surface area contributed by atoms with Crippen LogP contribution in [0.1, 0.15) is 169 Å². The summed E-state index contributed by atoms with van der Waals surface area (Å²) in [5.74, 6) is 5.22. The van der Waals surface area contributed by atoms with Crippen LogP contribution in [-0.2, 0) is 51.5 Å². The molecule has 11 nitrogen and oxygen atoms in total. The van der Waals surface area contributed by atoms with E-state index in [1.807, 2.05) is 43.3 Å². The first-order valence-electron chi connectivity index (χ1n) is 31.7. The highest BCUT2D eigenvalue weighted by Crippen LogP contribution is 2.42. The molecule has 488 valence electrons. The van der Waals surface area contributed by atoms with Crippen LogP contribution in [0.15, 0.2) is 78.9 Å². The summed E-state index contributed by atoms with van der Waals surface area (Å²) in [4.78, 5) is 12.8. The predicted molar refractivity (Wildman–Crippen MR) is 370 cm³/mol. The number of hydrogen-bond donors (Lipinski definition) is 0. The van der Waals surface area contributed by atoms with E-state index in [0.29, 0.717) is 57.2 Å². The Kier molecular flexibility index (Phi) is 32.1. The van der Waals surface area contributed by atoms with Crippen molar-refractivity contribution in [2.24, 2.45) is 11.8 Å². The van der Waals surface area contributed by atoms with Gasteiger partial charge in [0.05, 0.1) is 65.6 Å². The Labute approximate surface area is 530 Å². The fourth-order valence-corrected chi connectivity index (χ4v) is 13.5. The van der Waals surface area contributed by atoms with Gasteiger partial charge in [-0.2, -0.15) is 0 Å². The molecule has 0 saturated heterocycles. The van der Waals surface area contributed by atoms with E-state index in [1.165, 1.54) is 0 Å². The molecule has 0 fully saturated rings. The molecular formula is C71H122O11Si4. The molecule has 0 aromatic heterocycles. The largest absolute Gasteiger partial charge is 0.497 e. The second-order valence-electron chi connectivity index (χ2n) is 29.7. The maximum absolute atomic E-state index is 12.8. The average molecular weight is 1260 g/mol. The van der Waals surface area contributed by atoms with Gasteiger partial charge in [0.1, 0.15) is 22.8 Å². The first kappa shape index (κ1) is 78.6. The molecule has 0 radical (unpaired) electrons. The van der Waals surface area contributed by atoms with Crippen molar-refractivity contribution in [3.63, 3.8) is 0 Å². The SMILES string of the molecule is C#CC[C@@H](C)[C@H](C[C@@H](CCO[Si](C)(C)C(C)(C)C)OCc1ccc(OC)cc1)O[Si](C)(C)C(C)(C)C.CCOC(=O)c1c(C/C=C/C[C@@H](C)[C@H](C[C@@H](CCO[Si](C)(C)C(C)(C)C)OCc2ccc(OC)cc2)O[Si](C)(C)C(C)(C)C)cccc1OC. The molecule has 0 unspecified atom stereocenters. The lowest BCUT2D eigenvalue weighted by Gasteiger charge is -2.42. The van der Waals surface area contributed by atoms with Crippen LogP contribution in [0.4, 0.5) is 0 Å². The van der Waals surface area contributed by atoms with E-state index < -0.39 is 33.3 Å². The monoisotopic (exact) mass is 1260 g/mol. The molecule has 0 amide bonds. The van der Waals surface area contributed by atoms with Crippen LogP contribution in [0.5, 0.6) is 17.2 Å². The number of carbonyl (C=O) groups excluding carboxylic acids is 1. The van der Waals surface area contributed by atoms with Gasteiger partial charge in [-0.05, 0) is 177 Å². The Bertz CT molecular complexity index is 2490. The average Bonchev–Trinajstić information content (AvgIpc) is 3.33. The van der Waals surface area contributed by atoms with Gasteiger partial charge in [0.25, 0.3) is 0 Å². The molecule has 15 heteroatoms. The molecule has 0 saturated carbocycles. The molecule has 0 spiro atoms. The number of allylic oxidation sites excluding steroid dienone is 2. The molecule has 3 aromatic rings. The number of methoxy groups -OCH3 is 3. The predicted octanol–water partition coefficient (Wildman–Crippen LogP) is 19.2. The third kappa shape index (κ3) is 26.1. The smallest absolute Gasteiger partial charge is 0.342 e. The van der Waals surface area contributed by atoms with Gasteiger partial charge in [0.15, 0.2) is 33.3 Å². The quantitative estimate of drug-likeness (QED) is 0.0247. The van der Waals surface area contributed by atoms with Gasteiger partial charge in [-0.1, -0.05) is 145 Å². The van der Waals surface area contributed by atoms with Crippen LogP contribution in [0.2, 0.25) is 72.5 Å². The standard InChI is InChI=1S/C41H68O7Si2.C30H54O4Si2/c1-15-45-39(42)38-33(21-18-22-36(38)44-10)20-17-16-19-31(2)37(48-50(13,14)41(6,7)8)29-35(27-28-47-49(11,12)40(3,4)5)46-30-32-23-25-34(43-9)26-24-32;1-14-15-24(2)28(34-36(12,13)30(6,7)8)22-27(20-21-33-35(10,11)29(3,4)5)32-23-25-16-18-26(31-9)19-17-25/h16-18,21-26,31,35,37H,15,19-20,27-30H2,1-14H3;1,16-19,24,27-28H,15,20-23H2,2-13H3/b17-16+;/t31-,35-,37+;24-,27-,28+/m11/s1. The van der Waals surface area contributed by atoms with Crippen molar-refractivity contribution in [3.05, 3.63) is 101 Å². The Morgan fingerprint density at radius 3 is 1.33 bits per heavy atom. The number of ether oxygens (including phenoxy) is 6. The number of terminal acetylenes is 1. The molecular weight excluding hydrogens is 1140 g/mol. The van der Waals surface area contributed by atoms with Crippen molar-refractivity contribution in [2.75, 3.05) is 41.2 Å². The summed E-state index contributed by atoms with van der Waals surface area (Å²) in [5.41, 5.74) is 3.61. The Balaban J connectivity index is 0.000000620. The van der Waals surface area contributed by atoms with Gasteiger partial charge in [0, 0.05) is 19.6 Å². The van der Waals surface area contributed by atoms with Gasteiger partial charge in [0.2, 0.25) is 0 Å². The summed E-state index contributed by atoms with van der Waals surface area (Å²) < 4.78 is 62.1. The van der Waals surface area contributed by atoms with Crippen molar-refractivity contribution >= 4 is 39.2 Å². The van der Waals surface area contributed by atoms with Crippen LogP contribution in [0.25, 0.3) is 0 Å². The molecule has 6 atom stereocenters. The van der Waals surface area contributed by atoms with Crippen LogP contribution >= 0.6 is 0 Å². The molecule has 0 aliphatic rings. The normalized spacial score (nSPS) is 15.2. The number of rotatable bonds is 34. The molecule has 0 heterocycles. The minimum Gasteiger partial charge on any atom is -0.497 e. The molecule has 86 heavy (non-hydrogen) atoms. The minimum absolute atomic E-state index is 0.00110. The van der Waals surface area contributed by atoms with Gasteiger partial charge in [-0.3, -0.25) is 0 Å². The zero-order chi connectivity index (χ0) is 65.5. The van der Waals surface area contributed by atoms with E-state index in [-0.39, 0.29) is 62.4 Å². The zero-order valence-electron chi connectivity index (χ0n) is 59.0. The summed E-state index contributed by atoms with van der Waals surface area (Å²) in [7, 11) is -2.86. The van der Waals surface area contributed by atoms with Crippen LogP contribution in [0.3, 0.4) is 0 Å². The molecule has 0 N–H and O–H groups in total. The highest BCUT2D eigenvalue weighted by atomic mass is 28.4. The first-order chi connectivity index (χ1) is 39.7. The van der Waals surface area contributed by atoms with E-state index >= 15 is 0 Å². The molecule has 0 aliphatic heterocycles. The maximum Gasteiger partial charge on any atom is 0.342 e. The molecule has 0 aliphatic carbocycles. The third-order valence-corrected chi connectivity index (χ3v) is 36.8. The Morgan fingerprint density at radius 2 is 0.965 bits per heavy atom. The van der Waals surface area contributed by atoms with Crippen molar-refractivity contribution in [1.29, 1.82) is 0 Å². The van der Waals surface area contributed by atoms with E-state index in [0.717, 1.165) is 60.3 Å². The Hall–Kier alpha value is -3.54. The zero-order valence-corrected chi connectivity index (χ0v) is 63.0. The van der Waals surface area contributed by atoms with Gasteiger partial charge in [-0.15, -0.1) is 12.3 Å². The fourth-order valence-electron chi connectivity index (χ4n) is 8.50. The van der Waals surface area contributed by atoms with Crippen LogP contribution < -0.4 is 14.2 Å². The second kappa shape index (κ2) is 35.2. The van der Waals surface area contributed by atoms with Crippen molar-refractivity contribution in [3.8, 4) is 29.6 Å². The molecule has 3 aromatic carbocycles. The third-order valence-electron chi connectivity index (χ3n) is 18.7. The molecule has 3 rings (SSSR count). The topological polar surface area (TPSA) is 109 Å². The van der Waals surface area contributed by atoms with Gasteiger partial charge >= 0.3 is 5.97 Å². The minimum atomic E-state index is -2.10. The number of esters is 1. The lowest BCUT2D eigenvalue weighted by atomic mass is 9.94. The lowest BCUT2D eigenvalue weighted by Crippen LogP contribution is -2.46. The van der Waals surface area contributed by atoms with Gasteiger partial charge < -0.3 is 46.1 Å². The maximum atomic E-state index is 12.8. The second-order valence-corrected chi connectivity index (χ2v) is 48.8. The van der Waals surface area contributed by atoms with Crippen molar-refractivity contribution in [1.82, 2.24) is 0 Å². The van der Waals surface area contributed by atoms with Gasteiger partial charge in [-0.25, -0.2) is 4.79 Å². The van der Waals surface area contributed by atoms with Crippen molar-refractivity contribution < 1.29 is 50.9 Å². The number of benzene rings is 3. The molecule has 0 bridgehead atoms.